The fourth-order valence-corrected chi connectivity index (χ4v) is 1.85. The minimum absolute atomic E-state index is 0.214. The smallest absolute Gasteiger partial charge is 0.262 e. The van der Waals surface area contributed by atoms with Gasteiger partial charge in [0.25, 0.3) is 5.56 Å². The molecule has 1 N–H and O–H groups in total. The van der Waals surface area contributed by atoms with Gasteiger partial charge in [0.05, 0.1) is 6.33 Å². The zero-order valence-corrected chi connectivity index (χ0v) is 9.36. The maximum absolute atomic E-state index is 11.7. The molecule has 0 aliphatic carbocycles. The molecular formula is C12H7ClN2O2. The molecule has 1 aromatic carbocycles. The Hall–Kier alpha value is -2.07. The highest BCUT2D eigenvalue weighted by atomic mass is 35.5. The van der Waals surface area contributed by atoms with Crippen LogP contribution in [0.2, 0.25) is 5.02 Å². The summed E-state index contributed by atoms with van der Waals surface area (Å²) >= 11 is 5.82. The normalized spacial score (nSPS) is 10.9. The van der Waals surface area contributed by atoms with Crippen LogP contribution >= 0.6 is 11.6 Å². The minimum Gasteiger partial charge on any atom is -0.445 e. The van der Waals surface area contributed by atoms with Crippen LogP contribution in [0, 0.1) is 0 Å². The van der Waals surface area contributed by atoms with E-state index in [9.17, 15) is 4.79 Å². The Balaban J connectivity index is 2.31. The third kappa shape index (κ3) is 1.62. The first-order valence-corrected chi connectivity index (χ1v) is 5.34. The summed E-state index contributed by atoms with van der Waals surface area (Å²) < 4.78 is 5.25. The highest BCUT2D eigenvalue weighted by Crippen LogP contribution is 2.27. The molecule has 3 aromatic rings. The maximum atomic E-state index is 11.7. The van der Waals surface area contributed by atoms with Gasteiger partial charge in [0.15, 0.2) is 0 Å². The highest BCUT2D eigenvalue weighted by Gasteiger charge is 2.12. The van der Waals surface area contributed by atoms with Crippen molar-refractivity contribution < 1.29 is 4.42 Å². The molecule has 0 spiro atoms. The van der Waals surface area contributed by atoms with Crippen LogP contribution in [-0.2, 0) is 0 Å². The van der Waals surface area contributed by atoms with Crippen molar-refractivity contribution in [2.24, 2.45) is 0 Å². The van der Waals surface area contributed by atoms with Gasteiger partial charge in [0.1, 0.15) is 11.6 Å². The van der Waals surface area contributed by atoms with Crippen molar-refractivity contribution in [3.05, 3.63) is 52.2 Å². The number of hydrogen-bond acceptors (Lipinski definition) is 3. The van der Waals surface area contributed by atoms with Crippen molar-refractivity contribution in [3.8, 4) is 11.1 Å². The average molecular weight is 247 g/mol. The van der Waals surface area contributed by atoms with E-state index in [1.807, 2.05) is 12.1 Å². The Kier molecular flexibility index (Phi) is 2.23. The Morgan fingerprint density at radius 1 is 1.24 bits per heavy atom. The molecule has 5 heteroatoms. The van der Waals surface area contributed by atoms with Gasteiger partial charge in [-0.15, -0.1) is 0 Å². The molecule has 4 nitrogen and oxygen atoms in total. The van der Waals surface area contributed by atoms with Crippen LogP contribution in [0.25, 0.3) is 22.2 Å². The SMILES string of the molecule is O=c1[nH]cnc2occ(-c3ccc(Cl)cc3)c12. The number of fused-ring (bicyclic) bond motifs is 1. The fourth-order valence-electron chi connectivity index (χ4n) is 1.73. The van der Waals surface area contributed by atoms with E-state index in [1.54, 1.807) is 12.1 Å². The number of hydrogen-bond donors (Lipinski definition) is 1. The van der Waals surface area contributed by atoms with E-state index in [4.69, 9.17) is 16.0 Å². The molecule has 0 aliphatic rings. The molecule has 0 bridgehead atoms. The number of H-pyrrole nitrogens is 1. The Bertz CT molecular complexity index is 728. The van der Waals surface area contributed by atoms with Crippen molar-refractivity contribution in [1.29, 1.82) is 0 Å². The maximum Gasteiger partial charge on any atom is 0.262 e. The number of aromatic nitrogens is 2. The van der Waals surface area contributed by atoms with Gasteiger partial charge in [0, 0.05) is 10.6 Å². The molecule has 3 rings (SSSR count). The first-order chi connectivity index (χ1) is 8.25. The quantitative estimate of drug-likeness (QED) is 0.718. The molecule has 0 fully saturated rings. The lowest BCUT2D eigenvalue weighted by atomic mass is 10.1. The molecule has 0 amide bonds. The second kappa shape index (κ2) is 3.75. The van der Waals surface area contributed by atoms with Crippen LogP contribution in [0.1, 0.15) is 0 Å². The number of furan rings is 1. The standard InChI is InChI=1S/C12H7ClN2O2/c13-8-3-1-7(2-4-8)9-5-17-12-10(9)11(16)14-6-15-12/h1-6H,(H,14,15,16). The van der Waals surface area contributed by atoms with Crippen molar-refractivity contribution in [1.82, 2.24) is 9.97 Å². The van der Waals surface area contributed by atoms with Crippen LogP contribution in [0.15, 0.2) is 46.1 Å². The highest BCUT2D eigenvalue weighted by molar-refractivity contribution is 6.30. The second-order valence-electron chi connectivity index (χ2n) is 3.57. The summed E-state index contributed by atoms with van der Waals surface area (Å²) in [7, 11) is 0. The predicted octanol–water partition coefficient (Wildman–Crippen LogP) is 2.84. The van der Waals surface area contributed by atoms with E-state index < -0.39 is 0 Å². The summed E-state index contributed by atoms with van der Waals surface area (Å²) in [5.74, 6) is 0. The molecule has 2 heterocycles. The number of aromatic amines is 1. The summed E-state index contributed by atoms with van der Waals surface area (Å²) in [5, 5.41) is 1.10. The zero-order valence-electron chi connectivity index (χ0n) is 8.61. The van der Waals surface area contributed by atoms with Crippen molar-refractivity contribution in [3.63, 3.8) is 0 Å². The van der Waals surface area contributed by atoms with Crippen molar-refractivity contribution >= 4 is 22.7 Å². The molecule has 84 valence electrons. The lowest BCUT2D eigenvalue weighted by Gasteiger charge is -1.97. The van der Waals surface area contributed by atoms with Gasteiger partial charge < -0.3 is 9.40 Å². The van der Waals surface area contributed by atoms with Crippen LogP contribution < -0.4 is 5.56 Å². The molecule has 0 radical (unpaired) electrons. The molecule has 0 atom stereocenters. The minimum atomic E-state index is -0.214. The third-order valence-electron chi connectivity index (χ3n) is 2.53. The largest absolute Gasteiger partial charge is 0.445 e. The summed E-state index contributed by atoms with van der Waals surface area (Å²) in [4.78, 5) is 18.2. The van der Waals surface area contributed by atoms with Gasteiger partial charge in [-0.1, -0.05) is 23.7 Å². The van der Waals surface area contributed by atoms with E-state index >= 15 is 0 Å². The van der Waals surface area contributed by atoms with E-state index in [1.165, 1.54) is 12.6 Å². The van der Waals surface area contributed by atoms with Gasteiger partial charge in [0.2, 0.25) is 5.71 Å². The molecule has 0 unspecified atom stereocenters. The van der Waals surface area contributed by atoms with Crippen LogP contribution in [0.5, 0.6) is 0 Å². The zero-order chi connectivity index (χ0) is 11.8. The number of nitrogens with one attached hydrogen (secondary N) is 1. The van der Waals surface area contributed by atoms with Gasteiger partial charge in [-0.25, -0.2) is 4.98 Å². The Labute approximate surface area is 101 Å². The van der Waals surface area contributed by atoms with Gasteiger partial charge >= 0.3 is 0 Å². The van der Waals surface area contributed by atoms with E-state index in [0.29, 0.717) is 21.7 Å². The predicted molar refractivity (Wildman–Crippen MR) is 65.1 cm³/mol. The molecule has 0 saturated heterocycles. The lowest BCUT2D eigenvalue weighted by Crippen LogP contribution is -2.05. The molecular weight excluding hydrogens is 240 g/mol. The van der Waals surface area contributed by atoms with Gasteiger partial charge in [-0.05, 0) is 17.7 Å². The summed E-state index contributed by atoms with van der Waals surface area (Å²) in [6.45, 7) is 0. The molecule has 17 heavy (non-hydrogen) atoms. The van der Waals surface area contributed by atoms with E-state index in [0.717, 1.165) is 5.56 Å². The third-order valence-corrected chi connectivity index (χ3v) is 2.78. The number of benzene rings is 1. The Morgan fingerprint density at radius 2 is 2.00 bits per heavy atom. The van der Waals surface area contributed by atoms with E-state index in [2.05, 4.69) is 9.97 Å². The van der Waals surface area contributed by atoms with Crippen LogP contribution in [-0.4, -0.2) is 9.97 Å². The van der Waals surface area contributed by atoms with Gasteiger partial charge in [-0.3, -0.25) is 4.79 Å². The number of rotatable bonds is 1. The topological polar surface area (TPSA) is 58.9 Å². The first-order valence-electron chi connectivity index (χ1n) is 4.96. The van der Waals surface area contributed by atoms with Gasteiger partial charge in [-0.2, -0.15) is 0 Å². The van der Waals surface area contributed by atoms with Crippen molar-refractivity contribution in [2.45, 2.75) is 0 Å². The number of halogens is 1. The summed E-state index contributed by atoms with van der Waals surface area (Å²) in [6.07, 6.45) is 2.84. The van der Waals surface area contributed by atoms with Crippen molar-refractivity contribution in [2.75, 3.05) is 0 Å². The van der Waals surface area contributed by atoms with Crippen LogP contribution in [0.4, 0.5) is 0 Å². The molecule has 2 aromatic heterocycles. The first kappa shape index (κ1) is 10.1. The fraction of sp³-hybridized carbons (Fsp3) is 0. The molecule has 0 saturated carbocycles. The van der Waals surface area contributed by atoms with E-state index in [-0.39, 0.29) is 5.56 Å². The lowest BCUT2D eigenvalue weighted by molar-refractivity contribution is 0.603. The Morgan fingerprint density at radius 3 is 2.76 bits per heavy atom. The number of nitrogens with zero attached hydrogens (tertiary/aromatic N) is 1. The van der Waals surface area contributed by atoms with Crippen LogP contribution in [0.3, 0.4) is 0 Å². The summed E-state index contributed by atoms with van der Waals surface area (Å²) in [5.41, 5.74) is 1.70. The monoisotopic (exact) mass is 246 g/mol. The molecule has 0 aliphatic heterocycles. The average Bonchev–Trinajstić information content (AvgIpc) is 2.75. The second-order valence-corrected chi connectivity index (χ2v) is 4.00. The summed E-state index contributed by atoms with van der Waals surface area (Å²) in [6, 6.07) is 7.19.